The Kier molecular flexibility index (Phi) is 5.47. The number of hydrogen-bond acceptors (Lipinski definition) is 6. The number of ether oxygens (including phenoxy) is 2. The number of esters is 2. The molecule has 1 aromatic heterocycles. The Balaban J connectivity index is 2.40. The van der Waals surface area contributed by atoms with Crippen molar-refractivity contribution in [2.45, 2.75) is 20.3 Å². The zero-order valence-electron chi connectivity index (χ0n) is 13.4. The molecule has 2 aromatic rings. The topological polar surface area (TPSA) is 103 Å². The van der Waals surface area contributed by atoms with Crippen LogP contribution in [-0.4, -0.2) is 41.7 Å². The highest BCUT2D eigenvalue weighted by Crippen LogP contribution is 2.24. The van der Waals surface area contributed by atoms with Gasteiger partial charge in [-0.25, -0.2) is 9.59 Å². The van der Waals surface area contributed by atoms with Gasteiger partial charge in [0, 0.05) is 10.9 Å². The number of fused-ring (bicyclic) bond motifs is 1. The van der Waals surface area contributed by atoms with Gasteiger partial charge >= 0.3 is 11.9 Å². The lowest BCUT2D eigenvalue weighted by Gasteiger charge is -2.04. The number of Topliss-reactive ketones (excluding diaryl/α,β-unsaturated/α-hetero) is 2. The van der Waals surface area contributed by atoms with Crippen LogP contribution in [0, 0.1) is 0 Å². The maximum Gasteiger partial charge on any atom is 0.375 e. The van der Waals surface area contributed by atoms with Crippen molar-refractivity contribution in [1.82, 2.24) is 4.98 Å². The lowest BCUT2D eigenvalue weighted by molar-refractivity contribution is -0.153. The zero-order valence-corrected chi connectivity index (χ0v) is 13.4. The summed E-state index contributed by atoms with van der Waals surface area (Å²) in [6.07, 6.45) is -0.674. The molecular formula is C17H17NO6. The van der Waals surface area contributed by atoms with Crippen molar-refractivity contribution in [2.75, 3.05) is 13.2 Å². The van der Waals surface area contributed by atoms with Crippen LogP contribution in [0.5, 0.6) is 0 Å². The van der Waals surface area contributed by atoms with Crippen molar-refractivity contribution >= 4 is 34.4 Å². The number of nitrogens with one attached hydrogen (secondary N) is 1. The highest BCUT2D eigenvalue weighted by molar-refractivity contribution is 6.39. The molecule has 0 atom stereocenters. The lowest BCUT2D eigenvalue weighted by Crippen LogP contribution is -2.21. The monoisotopic (exact) mass is 331 g/mol. The molecule has 0 radical (unpaired) electrons. The summed E-state index contributed by atoms with van der Waals surface area (Å²) in [7, 11) is 0. The van der Waals surface area contributed by atoms with Gasteiger partial charge in [-0.15, -0.1) is 0 Å². The van der Waals surface area contributed by atoms with Crippen molar-refractivity contribution in [3.05, 3.63) is 35.5 Å². The smallest absolute Gasteiger partial charge is 0.375 e. The number of hydrogen-bond donors (Lipinski definition) is 1. The third kappa shape index (κ3) is 3.51. The van der Waals surface area contributed by atoms with Gasteiger partial charge in [-0.1, -0.05) is 18.2 Å². The minimum atomic E-state index is -1.07. The quantitative estimate of drug-likeness (QED) is 0.360. The Morgan fingerprint density at radius 3 is 2.33 bits per heavy atom. The molecule has 0 spiro atoms. The van der Waals surface area contributed by atoms with Gasteiger partial charge in [-0.05, 0) is 19.9 Å². The Bertz CT molecular complexity index is 805. The molecule has 1 aromatic carbocycles. The molecule has 0 saturated heterocycles. The Hall–Kier alpha value is -2.96. The average Bonchev–Trinajstić information content (AvgIpc) is 2.94. The number of H-pyrrole nitrogens is 1. The van der Waals surface area contributed by atoms with E-state index >= 15 is 0 Å². The summed E-state index contributed by atoms with van der Waals surface area (Å²) in [6, 6.07) is 6.79. The van der Waals surface area contributed by atoms with Gasteiger partial charge in [0.05, 0.1) is 25.2 Å². The van der Waals surface area contributed by atoms with E-state index < -0.39 is 29.9 Å². The number of ketones is 2. The molecule has 1 N–H and O–H groups in total. The molecule has 0 bridgehead atoms. The van der Waals surface area contributed by atoms with E-state index in [4.69, 9.17) is 4.74 Å². The van der Waals surface area contributed by atoms with Crippen LogP contribution in [0.1, 0.15) is 41.1 Å². The first-order chi connectivity index (χ1) is 11.5. The highest BCUT2D eigenvalue weighted by Gasteiger charge is 2.27. The molecule has 0 aliphatic heterocycles. The van der Waals surface area contributed by atoms with Crippen molar-refractivity contribution in [2.24, 2.45) is 0 Å². The number of aromatic nitrogens is 1. The van der Waals surface area contributed by atoms with E-state index in [1.54, 1.807) is 38.1 Å². The normalized spacial score (nSPS) is 10.4. The molecule has 24 heavy (non-hydrogen) atoms. The fourth-order valence-electron chi connectivity index (χ4n) is 2.31. The van der Waals surface area contributed by atoms with E-state index in [1.165, 1.54) is 0 Å². The second-order valence-corrected chi connectivity index (χ2v) is 4.88. The summed E-state index contributed by atoms with van der Waals surface area (Å²) in [6.45, 7) is 3.39. The summed E-state index contributed by atoms with van der Waals surface area (Å²) in [5.41, 5.74) is 0.578. The number of carbonyl (C=O) groups excluding carboxylic acids is 4. The van der Waals surface area contributed by atoms with Gasteiger partial charge in [-0.2, -0.15) is 0 Å². The minimum Gasteiger partial charge on any atom is -0.461 e. The van der Waals surface area contributed by atoms with E-state index in [1.807, 2.05) is 0 Å². The maximum absolute atomic E-state index is 12.5. The molecule has 7 heteroatoms. The van der Waals surface area contributed by atoms with Crippen molar-refractivity contribution < 1.29 is 28.7 Å². The number of rotatable bonds is 7. The first-order valence-electron chi connectivity index (χ1n) is 7.50. The van der Waals surface area contributed by atoms with E-state index in [9.17, 15) is 19.2 Å². The number of carbonyl (C=O) groups is 4. The Morgan fingerprint density at radius 1 is 1.00 bits per heavy atom. The summed E-state index contributed by atoms with van der Waals surface area (Å²) in [4.78, 5) is 50.6. The van der Waals surface area contributed by atoms with E-state index in [-0.39, 0.29) is 24.5 Å². The molecule has 1 heterocycles. The Labute approximate surface area is 137 Å². The van der Waals surface area contributed by atoms with E-state index in [0.29, 0.717) is 10.9 Å². The second-order valence-electron chi connectivity index (χ2n) is 4.88. The van der Waals surface area contributed by atoms with Crippen LogP contribution in [-0.2, 0) is 19.1 Å². The van der Waals surface area contributed by atoms with Gasteiger partial charge < -0.3 is 14.5 Å². The number of benzene rings is 1. The maximum atomic E-state index is 12.5. The lowest BCUT2D eigenvalue weighted by atomic mass is 10.0. The highest BCUT2D eigenvalue weighted by atomic mass is 16.5. The SMILES string of the molecule is CCOC(=O)C(=O)CC(=O)c1c(C(=O)OCC)[nH]c2ccccc12. The summed E-state index contributed by atoms with van der Waals surface area (Å²) < 4.78 is 9.53. The molecule has 0 fully saturated rings. The standard InChI is InChI=1S/C17H17NO6/c1-3-23-16(21)13(20)9-12(19)14-10-7-5-6-8-11(10)18-15(14)17(22)24-4-2/h5-8,18H,3-4,9H2,1-2H3. The fourth-order valence-corrected chi connectivity index (χ4v) is 2.31. The summed E-state index contributed by atoms with van der Waals surface area (Å²) in [5, 5.41) is 0.488. The molecule has 0 unspecified atom stereocenters. The first kappa shape index (κ1) is 17.4. The first-order valence-corrected chi connectivity index (χ1v) is 7.50. The van der Waals surface area contributed by atoms with Crippen LogP contribution >= 0.6 is 0 Å². The summed E-state index contributed by atoms with van der Waals surface area (Å²) >= 11 is 0. The van der Waals surface area contributed by atoms with E-state index in [2.05, 4.69) is 9.72 Å². The van der Waals surface area contributed by atoms with Crippen LogP contribution in [0.15, 0.2) is 24.3 Å². The molecule has 0 aliphatic carbocycles. The number of para-hydroxylation sites is 1. The molecule has 2 rings (SSSR count). The third-order valence-electron chi connectivity index (χ3n) is 3.29. The third-order valence-corrected chi connectivity index (χ3v) is 3.29. The number of aromatic amines is 1. The van der Waals surface area contributed by atoms with Gasteiger partial charge in [0.25, 0.3) is 0 Å². The average molecular weight is 331 g/mol. The van der Waals surface area contributed by atoms with Crippen LogP contribution in [0.25, 0.3) is 10.9 Å². The second kappa shape index (κ2) is 7.54. The zero-order chi connectivity index (χ0) is 17.7. The largest absolute Gasteiger partial charge is 0.461 e. The van der Waals surface area contributed by atoms with Gasteiger partial charge in [0.15, 0.2) is 5.78 Å². The summed E-state index contributed by atoms with van der Waals surface area (Å²) in [5.74, 6) is -3.36. The molecule has 0 aliphatic rings. The van der Waals surface area contributed by atoms with Crippen molar-refractivity contribution in [1.29, 1.82) is 0 Å². The van der Waals surface area contributed by atoms with Crippen molar-refractivity contribution in [3.63, 3.8) is 0 Å². The van der Waals surface area contributed by atoms with E-state index in [0.717, 1.165) is 0 Å². The van der Waals surface area contributed by atoms with Crippen LogP contribution in [0.2, 0.25) is 0 Å². The molecular weight excluding hydrogens is 314 g/mol. The molecule has 7 nitrogen and oxygen atoms in total. The minimum absolute atomic E-state index is 0.0280. The Morgan fingerprint density at radius 2 is 1.67 bits per heavy atom. The van der Waals surface area contributed by atoms with Gasteiger partial charge in [0.1, 0.15) is 5.69 Å². The van der Waals surface area contributed by atoms with Gasteiger partial charge in [0.2, 0.25) is 5.78 Å². The fraction of sp³-hybridized carbons (Fsp3) is 0.294. The molecule has 126 valence electrons. The molecule has 0 amide bonds. The van der Waals surface area contributed by atoms with Crippen LogP contribution in [0.3, 0.4) is 0 Å². The van der Waals surface area contributed by atoms with Crippen molar-refractivity contribution in [3.8, 4) is 0 Å². The molecule has 0 saturated carbocycles. The van der Waals surface area contributed by atoms with Crippen LogP contribution < -0.4 is 0 Å². The predicted molar refractivity (Wildman–Crippen MR) is 84.8 cm³/mol. The van der Waals surface area contributed by atoms with Gasteiger partial charge in [-0.3, -0.25) is 9.59 Å². The predicted octanol–water partition coefficient (Wildman–Crippen LogP) is 2.05. The van der Waals surface area contributed by atoms with Crippen LogP contribution in [0.4, 0.5) is 0 Å².